The van der Waals surface area contributed by atoms with Gasteiger partial charge < -0.3 is 10.2 Å². The maximum absolute atomic E-state index is 13.9. The molecule has 0 radical (unpaired) electrons. The summed E-state index contributed by atoms with van der Waals surface area (Å²) in [5.74, 6) is -0.562. The number of benzene rings is 1. The highest BCUT2D eigenvalue weighted by Gasteiger charge is 2.30. The molecule has 20 heavy (non-hydrogen) atoms. The number of amides is 1. The van der Waals surface area contributed by atoms with Crippen LogP contribution in [0.2, 0.25) is 5.02 Å². The predicted octanol–water partition coefficient (Wildman–Crippen LogP) is 2.94. The van der Waals surface area contributed by atoms with E-state index in [9.17, 15) is 9.18 Å². The molecular formula is C15H20ClFN2O. The van der Waals surface area contributed by atoms with Gasteiger partial charge >= 0.3 is 0 Å². The van der Waals surface area contributed by atoms with Crippen molar-refractivity contribution in [3.63, 3.8) is 0 Å². The van der Waals surface area contributed by atoms with Crippen molar-refractivity contribution in [3.8, 4) is 0 Å². The van der Waals surface area contributed by atoms with E-state index in [0.29, 0.717) is 12.5 Å². The first kappa shape index (κ1) is 15.3. The van der Waals surface area contributed by atoms with Crippen LogP contribution in [0.15, 0.2) is 18.2 Å². The Labute approximate surface area is 124 Å². The van der Waals surface area contributed by atoms with Crippen LogP contribution in [0.5, 0.6) is 0 Å². The Morgan fingerprint density at radius 3 is 2.90 bits per heavy atom. The highest BCUT2D eigenvalue weighted by Crippen LogP contribution is 2.24. The largest absolute Gasteiger partial charge is 0.334 e. The highest BCUT2D eigenvalue weighted by atomic mass is 35.5. The van der Waals surface area contributed by atoms with E-state index in [2.05, 4.69) is 19.2 Å². The van der Waals surface area contributed by atoms with Gasteiger partial charge in [-0.05, 0) is 31.0 Å². The summed E-state index contributed by atoms with van der Waals surface area (Å²) in [6.07, 6.45) is 0.862. The minimum atomic E-state index is -0.554. The van der Waals surface area contributed by atoms with E-state index in [1.54, 1.807) is 11.0 Å². The molecule has 1 aliphatic rings. The second-order valence-corrected chi connectivity index (χ2v) is 5.87. The van der Waals surface area contributed by atoms with Gasteiger partial charge in [0.2, 0.25) is 0 Å². The van der Waals surface area contributed by atoms with Gasteiger partial charge in [-0.1, -0.05) is 31.5 Å². The number of nitrogens with one attached hydrogen (secondary N) is 1. The van der Waals surface area contributed by atoms with Crippen molar-refractivity contribution in [1.82, 2.24) is 10.2 Å². The Morgan fingerprint density at radius 2 is 2.25 bits per heavy atom. The first-order valence-corrected chi connectivity index (χ1v) is 7.36. The summed E-state index contributed by atoms with van der Waals surface area (Å²) in [6.45, 7) is 6.37. The predicted molar refractivity (Wildman–Crippen MR) is 78.6 cm³/mol. The van der Waals surface area contributed by atoms with Crippen molar-refractivity contribution in [2.75, 3.05) is 19.6 Å². The topological polar surface area (TPSA) is 32.3 Å². The third-order valence-electron chi connectivity index (χ3n) is 3.71. The zero-order chi connectivity index (χ0) is 14.7. The fourth-order valence-electron chi connectivity index (χ4n) is 2.59. The van der Waals surface area contributed by atoms with Gasteiger partial charge in [0.25, 0.3) is 5.91 Å². The quantitative estimate of drug-likeness (QED) is 0.910. The summed E-state index contributed by atoms with van der Waals surface area (Å²) in [5, 5.41) is 3.50. The standard InChI is InChI=1S/C15H20ClFN2O/c1-10(2)13-9-18-7-4-8-19(13)15(20)14-11(16)5-3-6-12(14)17/h3,5-6,10,13,18H,4,7-9H2,1-2H3. The molecule has 1 aromatic carbocycles. The van der Waals surface area contributed by atoms with Gasteiger partial charge in [-0.25, -0.2) is 4.39 Å². The van der Waals surface area contributed by atoms with Crippen LogP contribution in [0.25, 0.3) is 0 Å². The molecule has 1 unspecified atom stereocenters. The van der Waals surface area contributed by atoms with Crippen molar-refractivity contribution in [2.45, 2.75) is 26.3 Å². The average Bonchev–Trinajstić information content (AvgIpc) is 2.63. The Kier molecular flexibility index (Phi) is 5.00. The molecule has 5 heteroatoms. The van der Waals surface area contributed by atoms with Crippen LogP contribution >= 0.6 is 11.6 Å². The van der Waals surface area contributed by atoms with Gasteiger partial charge in [-0.15, -0.1) is 0 Å². The van der Waals surface area contributed by atoms with Crippen molar-refractivity contribution in [3.05, 3.63) is 34.6 Å². The molecule has 0 aromatic heterocycles. The lowest BCUT2D eigenvalue weighted by molar-refractivity contribution is 0.0641. The van der Waals surface area contributed by atoms with Gasteiger partial charge in [-0.3, -0.25) is 4.79 Å². The Bertz CT molecular complexity index is 473. The van der Waals surface area contributed by atoms with Crippen molar-refractivity contribution in [2.24, 2.45) is 5.92 Å². The molecule has 1 heterocycles. The van der Waals surface area contributed by atoms with Gasteiger partial charge in [0.15, 0.2) is 0 Å². The molecule has 0 spiro atoms. The first-order valence-electron chi connectivity index (χ1n) is 6.98. The smallest absolute Gasteiger partial charge is 0.258 e. The lowest BCUT2D eigenvalue weighted by Crippen LogP contribution is -2.47. The summed E-state index contributed by atoms with van der Waals surface area (Å²) in [5.41, 5.74) is -0.0123. The molecule has 1 aliphatic heterocycles. The Balaban J connectivity index is 2.34. The minimum Gasteiger partial charge on any atom is -0.334 e. The van der Waals surface area contributed by atoms with E-state index in [1.807, 2.05) is 0 Å². The number of rotatable bonds is 2. The monoisotopic (exact) mass is 298 g/mol. The summed E-state index contributed by atoms with van der Waals surface area (Å²) in [4.78, 5) is 14.4. The van der Waals surface area contributed by atoms with Gasteiger partial charge in [-0.2, -0.15) is 0 Å². The van der Waals surface area contributed by atoms with Crippen molar-refractivity contribution < 1.29 is 9.18 Å². The zero-order valence-electron chi connectivity index (χ0n) is 11.8. The lowest BCUT2D eigenvalue weighted by atomic mass is 10.0. The highest BCUT2D eigenvalue weighted by molar-refractivity contribution is 6.33. The number of hydrogen-bond donors (Lipinski definition) is 1. The second kappa shape index (κ2) is 6.55. The number of carbonyl (C=O) groups excluding carboxylic acids is 1. The molecule has 0 aliphatic carbocycles. The maximum atomic E-state index is 13.9. The molecule has 0 bridgehead atoms. The Morgan fingerprint density at radius 1 is 1.50 bits per heavy atom. The first-order chi connectivity index (χ1) is 9.52. The van der Waals surface area contributed by atoms with Crippen LogP contribution in [-0.2, 0) is 0 Å². The van der Waals surface area contributed by atoms with Gasteiger partial charge in [0.05, 0.1) is 10.6 Å². The fraction of sp³-hybridized carbons (Fsp3) is 0.533. The molecule has 3 nitrogen and oxygen atoms in total. The molecule has 2 rings (SSSR count). The summed E-state index contributed by atoms with van der Waals surface area (Å²) in [6, 6.07) is 4.40. The van der Waals surface area contributed by atoms with E-state index in [4.69, 9.17) is 11.6 Å². The van der Waals surface area contributed by atoms with E-state index < -0.39 is 5.82 Å². The number of nitrogens with zero attached hydrogens (tertiary/aromatic N) is 1. The molecule has 1 atom stereocenters. The molecule has 1 N–H and O–H groups in total. The van der Waals surface area contributed by atoms with E-state index in [1.165, 1.54) is 12.1 Å². The molecule has 1 amide bonds. The average molecular weight is 299 g/mol. The Hall–Kier alpha value is -1.13. The van der Waals surface area contributed by atoms with E-state index >= 15 is 0 Å². The third kappa shape index (κ3) is 3.13. The van der Waals surface area contributed by atoms with Gasteiger partial charge in [0.1, 0.15) is 5.82 Å². The summed E-state index contributed by atoms with van der Waals surface area (Å²) >= 11 is 6.01. The molecular weight excluding hydrogens is 279 g/mol. The van der Waals surface area contributed by atoms with Crippen LogP contribution in [0, 0.1) is 11.7 Å². The molecule has 1 aromatic rings. The minimum absolute atomic E-state index is 0.0123. The van der Waals surface area contributed by atoms with Crippen molar-refractivity contribution >= 4 is 17.5 Å². The summed E-state index contributed by atoms with van der Waals surface area (Å²) < 4.78 is 13.9. The summed E-state index contributed by atoms with van der Waals surface area (Å²) in [7, 11) is 0. The van der Waals surface area contributed by atoms with E-state index in [-0.39, 0.29) is 22.5 Å². The number of hydrogen-bond acceptors (Lipinski definition) is 2. The zero-order valence-corrected chi connectivity index (χ0v) is 12.6. The second-order valence-electron chi connectivity index (χ2n) is 5.46. The third-order valence-corrected chi connectivity index (χ3v) is 4.03. The number of carbonyl (C=O) groups is 1. The van der Waals surface area contributed by atoms with Crippen LogP contribution < -0.4 is 5.32 Å². The van der Waals surface area contributed by atoms with Crippen molar-refractivity contribution in [1.29, 1.82) is 0 Å². The van der Waals surface area contributed by atoms with Crippen LogP contribution in [-0.4, -0.2) is 36.5 Å². The number of halogens is 2. The normalized spacial score (nSPS) is 20.1. The molecule has 1 fully saturated rings. The van der Waals surface area contributed by atoms with Gasteiger partial charge in [0, 0.05) is 19.1 Å². The van der Waals surface area contributed by atoms with Crippen LogP contribution in [0.3, 0.4) is 0 Å². The lowest BCUT2D eigenvalue weighted by Gasteiger charge is -2.33. The van der Waals surface area contributed by atoms with E-state index in [0.717, 1.165) is 19.5 Å². The SMILES string of the molecule is CC(C)C1CNCCCN1C(=O)c1c(F)cccc1Cl. The van der Waals surface area contributed by atoms with Crippen LogP contribution in [0.1, 0.15) is 30.6 Å². The maximum Gasteiger partial charge on any atom is 0.258 e. The fourth-order valence-corrected chi connectivity index (χ4v) is 2.84. The molecule has 0 saturated carbocycles. The molecule has 110 valence electrons. The molecule has 1 saturated heterocycles. The van der Waals surface area contributed by atoms with Crippen LogP contribution in [0.4, 0.5) is 4.39 Å².